The van der Waals surface area contributed by atoms with E-state index in [2.05, 4.69) is 4.98 Å². The number of nitrogens with one attached hydrogen (secondary N) is 1. The molecule has 0 radical (unpaired) electrons. The number of hydrogen-bond donors (Lipinski definition) is 1. The van der Waals surface area contributed by atoms with Crippen LogP contribution in [0.25, 0.3) is 0 Å². The molecule has 13 heavy (non-hydrogen) atoms. The molecule has 0 aromatic carbocycles. The maximum absolute atomic E-state index is 10.3. The highest BCUT2D eigenvalue weighted by atomic mass is 32.2. The highest BCUT2D eigenvalue weighted by Gasteiger charge is 2.07. The molecule has 0 amide bonds. The van der Waals surface area contributed by atoms with Crippen molar-refractivity contribution in [2.75, 3.05) is 5.75 Å². The van der Waals surface area contributed by atoms with Crippen LogP contribution < -0.4 is 4.98 Å². The van der Waals surface area contributed by atoms with Gasteiger partial charge in [0.25, 0.3) is 10.1 Å². The maximum atomic E-state index is 10.3. The Hall–Kier alpha value is -0.500. The SMILES string of the molecule is O=S(=O)(O)CCCc1[nH+]ccs1.[OH-]. The van der Waals surface area contributed by atoms with Crippen LogP contribution in [0.2, 0.25) is 0 Å². The molecule has 0 bridgehead atoms. The van der Waals surface area contributed by atoms with Gasteiger partial charge in [0.05, 0.1) is 11.1 Å². The highest BCUT2D eigenvalue weighted by Crippen LogP contribution is 2.03. The van der Waals surface area contributed by atoms with Gasteiger partial charge in [-0.25, -0.2) is 4.98 Å². The number of rotatable bonds is 4. The second-order valence-corrected chi connectivity index (χ2v) is 4.95. The van der Waals surface area contributed by atoms with E-state index in [1.54, 1.807) is 17.5 Å². The summed E-state index contributed by atoms with van der Waals surface area (Å²) < 4.78 is 29.0. The number of thiazole rings is 1. The van der Waals surface area contributed by atoms with E-state index in [1.165, 1.54) is 0 Å². The largest absolute Gasteiger partial charge is 0.870 e. The summed E-state index contributed by atoms with van der Waals surface area (Å²) in [6.45, 7) is 0. The Labute approximate surface area is 80.5 Å². The summed E-state index contributed by atoms with van der Waals surface area (Å²) in [5.41, 5.74) is 0. The van der Waals surface area contributed by atoms with E-state index in [0.29, 0.717) is 12.8 Å². The molecular formula is C6H11NO4S2. The first-order chi connectivity index (χ1) is 5.58. The zero-order valence-electron chi connectivity index (χ0n) is 6.80. The number of H-pyrrole nitrogens is 1. The van der Waals surface area contributed by atoms with Crippen LogP contribution in [0.5, 0.6) is 0 Å². The Kier molecular flexibility index (Phi) is 5.07. The number of aromatic nitrogens is 1. The van der Waals surface area contributed by atoms with Crippen LogP contribution in [-0.2, 0) is 16.5 Å². The lowest BCUT2D eigenvalue weighted by atomic mass is 10.3. The lowest BCUT2D eigenvalue weighted by molar-refractivity contribution is -0.382. The molecule has 76 valence electrons. The van der Waals surface area contributed by atoms with Gasteiger partial charge in [0, 0.05) is 6.42 Å². The molecule has 1 heterocycles. The molecule has 0 spiro atoms. The van der Waals surface area contributed by atoms with Crippen molar-refractivity contribution in [3.8, 4) is 0 Å². The minimum absolute atomic E-state index is 0. The van der Waals surface area contributed by atoms with Gasteiger partial charge in [-0.2, -0.15) is 8.42 Å². The predicted molar refractivity (Wildman–Crippen MR) is 47.5 cm³/mol. The third-order valence-corrected chi connectivity index (χ3v) is 3.01. The van der Waals surface area contributed by atoms with Gasteiger partial charge < -0.3 is 5.48 Å². The van der Waals surface area contributed by atoms with Crippen molar-refractivity contribution in [3.05, 3.63) is 16.6 Å². The summed E-state index contributed by atoms with van der Waals surface area (Å²) in [6, 6.07) is 0. The minimum Gasteiger partial charge on any atom is -0.870 e. The molecule has 0 aliphatic rings. The van der Waals surface area contributed by atoms with Crippen LogP contribution in [0.1, 0.15) is 11.4 Å². The van der Waals surface area contributed by atoms with Gasteiger partial charge in [-0.15, -0.1) is 0 Å². The molecule has 0 aliphatic heterocycles. The topological polar surface area (TPSA) is 98.5 Å². The van der Waals surface area contributed by atoms with E-state index in [9.17, 15) is 8.42 Å². The quantitative estimate of drug-likeness (QED) is 0.740. The summed E-state index contributed by atoms with van der Waals surface area (Å²) in [5, 5.41) is 2.92. The van der Waals surface area contributed by atoms with Gasteiger partial charge in [-0.3, -0.25) is 4.55 Å². The normalized spacial score (nSPS) is 10.8. The van der Waals surface area contributed by atoms with Crippen molar-refractivity contribution in [2.45, 2.75) is 12.8 Å². The van der Waals surface area contributed by atoms with Crippen molar-refractivity contribution in [2.24, 2.45) is 0 Å². The lowest BCUT2D eigenvalue weighted by Crippen LogP contribution is -2.08. The summed E-state index contributed by atoms with van der Waals surface area (Å²) in [6.07, 6.45) is 2.92. The molecule has 0 aliphatic carbocycles. The fraction of sp³-hybridized carbons (Fsp3) is 0.500. The average molecular weight is 225 g/mol. The van der Waals surface area contributed by atoms with Crippen LogP contribution in [0.4, 0.5) is 0 Å². The Morgan fingerprint density at radius 2 is 2.23 bits per heavy atom. The molecule has 1 aromatic rings. The molecular weight excluding hydrogens is 214 g/mol. The zero-order valence-corrected chi connectivity index (χ0v) is 8.44. The Morgan fingerprint density at radius 1 is 1.54 bits per heavy atom. The Bertz CT molecular complexity index is 318. The fourth-order valence-electron chi connectivity index (χ4n) is 0.823. The van der Waals surface area contributed by atoms with E-state index in [1.807, 2.05) is 5.38 Å². The first-order valence-corrected chi connectivity index (χ1v) is 5.96. The van der Waals surface area contributed by atoms with Crippen molar-refractivity contribution in [3.63, 3.8) is 0 Å². The summed E-state index contributed by atoms with van der Waals surface area (Å²) in [7, 11) is -3.79. The van der Waals surface area contributed by atoms with E-state index < -0.39 is 10.1 Å². The lowest BCUT2D eigenvalue weighted by Gasteiger charge is -1.91. The monoisotopic (exact) mass is 225 g/mol. The van der Waals surface area contributed by atoms with Crippen molar-refractivity contribution in [1.82, 2.24) is 0 Å². The summed E-state index contributed by atoms with van der Waals surface area (Å²) in [5.74, 6) is -0.168. The smallest absolute Gasteiger partial charge is 0.264 e. The summed E-state index contributed by atoms with van der Waals surface area (Å²) >= 11 is 1.54. The van der Waals surface area contributed by atoms with E-state index in [-0.39, 0.29) is 11.2 Å². The van der Waals surface area contributed by atoms with E-state index in [4.69, 9.17) is 4.55 Å². The van der Waals surface area contributed by atoms with Gasteiger partial charge in [-0.05, 0) is 6.42 Å². The van der Waals surface area contributed by atoms with E-state index in [0.717, 1.165) is 5.01 Å². The standard InChI is InChI=1S/C6H9NO3S2.H2O/c8-12(9,10)5-1-2-6-7-3-4-11-6;/h3-4H,1-2,5H2,(H,8,9,10);1H2. The van der Waals surface area contributed by atoms with Gasteiger partial charge in [0.2, 0.25) is 5.01 Å². The summed E-state index contributed by atoms with van der Waals surface area (Å²) in [4.78, 5) is 2.97. The van der Waals surface area contributed by atoms with Crippen molar-refractivity contribution in [1.29, 1.82) is 0 Å². The van der Waals surface area contributed by atoms with Crippen LogP contribution >= 0.6 is 11.3 Å². The van der Waals surface area contributed by atoms with Crippen LogP contribution in [-0.4, -0.2) is 24.2 Å². The van der Waals surface area contributed by atoms with Crippen LogP contribution in [0.15, 0.2) is 11.6 Å². The van der Waals surface area contributed by atoms with Gasteiger partial charge >= 0.3 is 0 Å². The number of aryl methyl sites for hydroxylation is 1. The molecule has 0 unspecified atom stereocenters. The minimum atomic E-state index is -3.79. The molecule has 0 fully saturated rings. The molecule has 1 aromatic heterocycles. The molecule has 5 nitrogen and oxygen atoms in total. The van der Waals surface area contributed by atoms with Gasteiger partial charge in [0.1, 0.15) is 0 Å². The fourth-order valence-corrected chi connectivity index (χ4v) is 2.03. The molecule has 1 rings (SSSR count). The van der Waals surface area contributed by atoms with Crippen LogP contribution in [0, 0.1) is 0 Å². The second kappa shape index (κ2) is 5.28. The predicted octanol–water partition coefficient (Wildman–Crippen LogP) is 0.206. The molecule has 3 N–H and O–H groups in total. The molecule has 0 saturated heterocycles. The van der Waals surface area contributed by atoms with E-state index >= 15 is 0 Å². The maximum Gasteiger partial charge on any atom is 0.264 e. The third kappa shape index (κ3) is 5.69. The molecule has 0 saturated carbocycles. The second-order valence-electron chi connectivity index (χ2n) is 2.38. The van der Waals surface area contributed by atoms with Gasteiger partial charge in [0.15, 0.2) is 6.20 Å². The third-order valence-electron chi connectivity index (χ3n) is 1.33. The average Bonchev–Trinajstić information content (AvgIpc) is 2.36. The van der Waals surface area contributed by atoms with Crippen molar-refractivity contribution < 1.29 is 23.4 Å². The highest BCUT2D eigenvalue weighted by molar-refractivity contribution is 7.85. The van der Waals surface area contributed by atoms with Crippen molar-refractivity contribution >= 4 is 21.5 Å². The molecule has 7 heteroatoms. The Balaban J connectivity index is 0.00000144. The number of hydrogen-bond acceptors (Lipinski definition) is 4. The number of aromatic amines is 1. The molecule has 0 atom stereocenters. The Morgan fingerprint density at radius 3 is 2.69 bits per heavy atom. The first-order valence-electron chi connectivity index (χ1n) is 3.47. The van der Waals surface area contributed by atoms with Gasteiger partial charge in [-0.1, -0.05) is 11.3 Å². The zero-order chi connectivity index (χ0) is 9.03. The van der Waals surface area contributed by atoms with Crippen LogP contribution in [0.3, 0.4) is 0 Å². The first kappa shape index (κ1) is 12.5.